The Labute approximate surface area is 373 Å². The monoisotopic (exact) mass is 866 g/mol. The lowest BCUT2D eigenvalue weighted by Crippen LogP contribution is -2.37. The zero-order valence-corrected chi connectivity index (χ0v) is 35.2. The largest absolute Gasteiger partial charge is 0.326 e. The fourth-order valence-electron chi connectivity index (χ4n) is 9.31. The second kappa shape index (κ2) is 16.6. The Morgan fingerprint density at radius 1 is 0.446 bits per heavy atom. The first kappa shape index (κ1) is 41.1. The van der Waals surface area contributed by atoms with E-state index < -0.39 is 47.9 Å². The van der Waals surface area contributed by atoms with Crippen molar-refractivity contribution < 1.29 is 38.4 Å². The first-order chi connectivity index (χ1) is 31.5. The molecular formula is C51H42N6O8. The van der Waals surface area contributed by atoms with Crippen LogP contribution in [-0.2, 0) is 44.9 Å². The Hall–Kier alpha value is -7.94. The average molecular weight is 867 g/mol. The van der Waals surface area contributed by atoms with Crippen molar-refractivity contribution in [2.45, 2.75) is 44.6 Å². The van der Waals surface area contributed by atoms with Gasteiger partial charge in [-0.1, -0.05) is 84.9 Å². The number of amides is 6. The summed E-state index contributed by atoms with van der Waals surface area (Å²) in [4.78, 5) is 94.9. The molecule has 0 aliphatic carbocycles. The van der Waals surface area contributed by atoms with E-state index in [4.69, 9.17) is 9.68 Å². The van der Waals surface area contributed by atoms with Crippen LogP contribution in [-0.4, -0.2) is 47.7 Å². The molecule has 324 valence electrons. The number of benzene rings is 6. The Morgan fingerprint density at radius 2 is 0.800 bits per heavy atom. The van der Waals surface area contributed by atoms with Crippen molar-refractivity contribution in [2.24, 2.45) is 11.8 Å². The summed E-state index contributed by atoms with van der Waals surface area (Å²) in [5, 5.41) is 8.79. The van der Waals surface area contributed by atoms with Crippen LogP contribution in [0.15, 0.2) is 158 Å². The molecule has 6 aromatic rings. The predicted molar refractivity (Wildman–Crippen MR) is 242 cm³/mol. The minimum atomic E-state index is -1.04. The summed E-state index contributed by atoms with van der Waals surface area (Å²) >= 11 is 0. The fourth-order valence-corrected chi connectivity index (χ4v) is 9.31. The molecule has 4 heterocycles. The maximum absolute atomic E-state index is 14.3. The van der Waals surface area contributed by atoms with Crippen molar-refractivity contribution in [3.63, 3.8) is 0 Å². The van der Waals surface area contributed by atoms with Gasteiger partial charge in [-0.2, -0.15) is 0 Å². The quantitative estimate of drug-likeness (QED) is 0.134. The van der Waals surface area contributed by atoms with Crippen molar-refractivity contribution in [1.29, 1.82) is 0 Å². The number of anilines is 6. The van der Waals surface area contributed by atoms with Gasteiger partial charge in [-0.15, -0.1) is 0 Å². The van der Waals surface area contributed by atoms with Gasteiger partial charge in [-0.3, -0.25) is 38.4 Å². The maximum Gasteiger partial charge on any atom is 0.266 e. The highest BCUT2D eigenvalue weighted by Crippen LogP contribution is 2.49. The number of nitrogens with one attached hydrogen (secondary N) is 2. The molecule has 0 bridgehead atoms. The average Bonchev–Trinajstić information content (AvgIpc) is 4.03. The molecule has 6 amide bonds. The Balaban J connectivity index is 0.844. The third-order valence-corrected chi connectivity index (χ3v) is 12.2. The van der Waals surface area contributed by atoms with Gasteiger partial charge in [0.25, 0.3) is 11.8 Å². The summed E-state index contributed by atoms with van der Waals surface area (Å²) in [5.41, 5.74) is 6.79. The van der Waals surface area contributed by atoms with Gasteiger partial charge >= 0.3 is 0 Å². The maximum atomic E-state index is 14.3. The van der Waals surface area contributed by atoms with Crippen LogP contribution in [0.2, 0.25) is 0 Å². The van der Waals surface area contributed by atoms with Gasteiger partial charge in [-0.25, -0.2) is 19.9 Å². The zero-order chi connectivity index (χ0) is 44.9. The Kier molecular flexibility index (Phi) is 10.5. The summed E-state index contributed by atoms with van der Waals surface area (Å²) in [6, 6.07) is 46.2. The standard InChI is InChI=1S/C51H42N6O8/c1-30(58)52-36-21-17-34(18-22-36)44-42-46(64-56(44)40-9-5-3-6-10-40)50(62)54(48(42)60)38-25-13-32(14-26-38)29-33-15-27-39(28-16-33)55-49(61)43-45(35-19-23-37(24-20-35)53-31(2)59)57(65-47(43)51(55)63)41-11-7-4-8-12-41/h3-28,42-47H,29H2,1-2H3,(H,52,58)(H,53,59)/t42-,43+,44?,45?,46+,47-. The van der Waals surface area contributed by atoms with Gasteiger partial charge < -0.3 is 10.6 Å². The van der Waals surface area contributed by atoms with E-state index in [0.29, 0.717) is 40.5 Å². The molecule has 10 rings (SSSR count). The highest BCUT2D eigenvalue weighted by molar-refractivity contribution is 6.24. The lowest BCUT2D eigenvalue weighted by molar-refractivity contribution is -0.127. The molecule has 2 unspecified atom stereocenters. The summed E-state index contributed by atoms with van der Waals surface area (Å²) in [6.07, 6.45) is -1.59. The van der Waals surface area contributed by atoms with E-state index in [9.17, 15) is 28.8 Å². The van der Waals surface area contributed by atoms with E-state index in [2.05, 4.69) is 10.6 Å². The molecule has 14 heteroatoms. The molecule has 4 aliphatic heterocycles. The van der Waals surface area contributed by atoms with Gasteiger partial charge in [0.15, 0.2) is 12.2 Å². The van der Waals surface area contributed by atoms with Crippen LogP contribution in [0.1, 0.15) is 48.2 Å². The van der Waals surface area contributed by atoms with Crippen LogP contribution in [0.25, 0.3) is 0 Å². The number of imide groups is 2. The van der Waals surface area contributed by atoms with Crippen molar-refractivity contribution in [3.8, 4) is 0 Å². The number of fused-ring (bicyclic) bond motifs is 2. The first-order valence-corrected chi connectivity index (χ1v) is 21.2. The van der Waals surface area contributed by atoms with E-state index in [1.165, 1.54) is 23.6 Å². The van der Waals surface area contributed by atoms with Crippen LogP contribution in [0, 0.1) is 11.8 Å². The van der Waals surface area contributed by atoms with Gasteiger partial charge in [-0.05, 0) is 101 Å². The number of hydrogen-bond donors (Lipinski definition) is 2. The fraction of sp³-hybridized carbons (Fsp3) is 0.176. The normalized spacial score (nSPS) is 22.4. The van der Waals surface area contributed by atoms with E-state index in [1.54, 1.807) is 58.7 Å². The minimum Gasteiger partial charge on any atom is -0.326 e. The molecule has 0 aromatic heterocycles. The third kappa shape index (κ3) is 7.47. The lowest BCUT2D eigenvalue weighted by atomic mass is 9.90. The van der Waals surface area contributed by atoms with Crippen LogP contribution < -0.4 is 30.6 Å². The van der Waals surface area contributed by atoms with E-state index in [0.717, 1.165) is 22.3 Å². The minimum absolute atomic E-state index is 0.202. The molecule has 2 N–H and O–H groups in total. The topological polar surface area (TPSA) is 158 Å². The molecular weight excluding hydrogens is 825 g/mol. The number of hydroxylamine groups is 2. The summed E-state index contributed by atoms with van der Waals surface area (Å²) in [6.45, 7) is 2.86. The highest BCUT2D eigenvalue weighted by atomic mass is 16.7. The SMILES string of the molecule is CC(=O)Nc1ccc(C2[C@H]3C(=O)N(c4ccc(Cc5ccc(N6C(=O)[C@@H]7ON(c8ccccc8)C(c8ccc(NC(C)=O)cc8)[C@@H]7C6=O)cc5)cc4)C(=O)[C@H]3ON2c2ccccc2)cc1. The smallest absolute Gasteiger partial charge is 0.266 e. The van der Waals surface area contributed by atoms with Gasteiger partial charge in [0, 0.05) is 25.2 Å². The van der Waals surface area contributed by atoms with E-state index in [1.807, 2.05) is 109 Å². The molecule has 14 nitrogen and oxygen atoms in total. The molecule has 4 saturated heterocycles. The summed E-state index contributed by atoms with van der Waals surface area (Å²) in [5.74, 6) is -3.73. The molecule has 0 saturated carbocycles. The van der Waals surface area contributed by atoms with Crippen LogP contribution in [0.4, 0.5) is 34.1 Å². The third-order valence-electron chi connectivity index (χ3n) is 12.2. The Morgan fingerprint density at radius 3 is 1.14 bits per heavy atom. The van der Waals surface area contributed by atoms with E-state index >= 15 is 0 Å². The van der Waals surface area contributed by atoms with Crippen molar-refractivity contribution in [3.05, 3.63) is 180 Å². The van der Waals surface area contributed by atoms with Crippen molar-refractivity contribution in [2.75, 3.05) is 30.6 Å². The molecule has 0 radical (unpaired) electrons. The zero-order valence-electron chi connectivity index (χ0n) is 35.2. The van der Waals surface area contributed by atoms with Gasteiger partial charge in [0.05, 0.1) is 34.8 Å². The number of nitrogens with zero attached hydrogens (tertiary/aromatic N) is 4. The summed E-state index contributed by atoms with van der Waals surface area (Å²) < 4.78 is 0. The van der Waals surface area contributed by atoms with Gasteiger partial charge in [0.1, 0.15) is 11.8 Å². The van der Waals surface area contributed by atoms with Crippen molar-refractivity contribution in [1.82, 2.24) is 0 Å². The molecule has 4 fully saturated rings. The second-order valence-corrected chi connectivity index (χ2v) is 16.5. The number of rotatable bonds is 10. The highest BCUT2D eigenvalue weighted by Gasteiger charge is 2.61. The van der Waals surface area contributed by atoms with Crippen LogP contribution >= 0.6 is 0 Å². The second-order valence-electron chi connectivity index (χ2n) is 16.5. The molecule has 65 heavy (non-hydrogen) atoms. The predicted octanol–water partition coefficient (Wildman–Crippen LogP) is 7.30. The molecule has 0 spiro atoms. The molecule has 6 atom stereocenters. The first-order valence-electron chi connectivity index (χ1n) is 21.2. The van der Waals surface area contributed by atoms with Gasteiger partial charge in [0.2, 0.25) is 23.6 Å². The van der Waals surface area contributed by atoms with Crippen LogP contribution in [0.5, 0.6) is 0 Å². The number of para-hydroxylation sites is 2. The number of carbonyl (C=O) groups excluding carboxylic acids is 6. The number of carbonyl (C=O) groups is 6. The molecule has 4 aliphatic rings. The lowest BCUT2D eigenvalue weighted by Gasteiger charge is -2.29. The summed E-state index contributed by atoms with van der Waals surface area (Å²) in [7, 11) is 0. The Bertz CT molecular complexity index is 2630. The van der Waals surface area contributed by atoms with Crippen LogP contribution in [0.3, 0.4) is 0 Å². The number of hydrogen-bond acceptors (Lipinski definition) is 10. The molecule has 6 aromatic carbocycles. The van der Waals surface area contributed by atoms with E-state index in [-0.39, 0.29) is 23.6 Å². The van der Waals surface area contributed by atoms with Crippen molar-refractivity contribution >= 4 is 69.6 Å².